The summed E-state index contributed by atoms with van der Waals surface area (Å²) in [4.78, 5) is 33.0. The average Bonchev–Trinajstić information content (AvgIpc) is 3.86. The van der Waals surface area contributed by atoms with Gasteiger partial charge in [0.2, 0.25) is 0 Å². The van der Waals surface area contributed by atoms with Crippen LogP contribution in [-0.2, 0) is 38.2 Å². The van der Waals surface area contributed by atoms with Gasteiger partial charge in [0.25, 0.3) is 0 Å². The van der Waals surface area contributed by atoms with Crippen molar-refractivity contribution in [2.45, 2.75) is 62.1 Å². The number of ether oxygens (including phenoxy) is 1. The van der Waals surface area contributed by atoms with Crippen molar-refractivity contribution in [3.05, 3.63) is 142 Å². The molecule has 2 atom stereocenters. The van der Waals surface area contributed by atoms with E-state index in [0.717, 1.165) is 36.0 Å². The van der Waals surface area contributed by atoms with E-state index in [9.17, 15) is 46.1 Å². The number of halogens is 6. The summed E-state index contributed by atoms with van der Waals surface area (Å²) in [5, 5.41) is 18.0. The fraction of sp³-hybridized carbons (Fsp3) is 0.304. The van der Waals surface area contributed by atoms with Gasteiger partial charge in [-0.15, -0.1) is 23.5 Å². The molecule has 1 fully saturated rings. The molecule has 0 spiro atoms. The summed E-state index contributed by atoms with van der Waals surface area (Å²) < 4.78 is 86.7. The number of thioether (sulfide) groups is 2. The van der Waals surface area contributed by atoms with Crippen LogP contribution in [0.4, 0.5) is 26.3 Å². The minimum absolute atomic E-state index is 0.203. The molecule has 2 N–H and O–H groups in total. The Morgan fingerprint density at radius 3 is 1.71 bits per heavy atom. The third-order valence-corrected chi connectivity index (χ3v) is 13.1. The number of pyridine rings is 2. The molecule has 1 saturated heterocycles. The predicted octanol–water partition coefficient (Wildman–Crippen LogP) is 9.40. The molecule has 0 amide bonds. The molecular formula is C46H40F6N4O5S2. The SMILES string of the molecule is CC(C)(CO)C(SCc1nc2ccccn2c1C#Cc1cccc(C(F)(F)F)c1)C(=O)O.CC1(C)COC(=O)C1SCc1nc2ccccn2c1C#Cc1cccc(C(F)(F)F)c1. The van der Waals surface area contributed by atoms with Gasteiger partial charge in [0.05, 0.1) is 29.1 Å². The highest BCUT2D eigenvalue weighted by molar-refractivity contribution is 8.00. The highest BCUT2D eigenvalue weighted by Crippen LogP contribution is 2.39. The van der Waals surface area contributed by atoms with Crippen LogP contribution in [0.1, 0.15) is 72.7 Å². The van der Waals surface area contributed by atoms with E-state index in [1.54, 1.807) is 53.2 Å². The number of esters is 1. The summed E-state index contributed by atoms with van der Waals surface area (Å²) in [6.07, 6.45) is -5.35. The van der Waals surface area contributed by atoms with E-state index in [1.807, 2.05) is 32.0 Å². The second-order valence-corrected chi connectivity index (χ2v) is 18.0. The van der Waals surface area contributed by atoms with Gasteiger partial charge in [0.15, 0.2) is 0 Å². The summed E-state index contributed by atoms with van der Waals surface area (Å²) in [6, 6.07) is 20.5. The van der Waals surface area contributed by atoms with Crippen LogP contribution in [0.3, 0.4) is 0 Å². The molecule has 63 heavy (non-hydrogen) atoms. The van der Waals surface area contributed by atoms with Gasteiger partial charge in [-0.2, -0.15) is 26.3 Å². The van der Waals surface area contributed by atoms with Crippen LogP contribution in [0.2, 0.25) is 0 Å². The zero-order valence-electron chi connectivity index (χ0n) is 34.2. The molecular weight excluding hydrogens is 867 g/mol. The smallest absolute Gasteiger partial charge is 0.416 e. The molecule has 17 heteroatoms. The lowest BCUT2D eigenvalue weighted by molar-refractivity contribution is -0.139. The number of rotatable bonds is 9. The minimum atomic E-state index is -4.46. The van der Waals surface area contributed by atoms with Crippen LogP contribution in [0.15, 0.2) is 97.3 Å². The van der Waals surface area contributed by atoms with Crippen molar-refractivity contribution in [2.75, 3.05) is 13.2 Å². The number of nitrogens with zero attached hydrogens (tertiary/aromatic N) is 4. The monoisotopic (exact) mass is 906 g/mol. The Bertz CT molecular complexity index is 2770. The number of fused-ring (bicyclic) bond motifs is 2. The maximum atomic E-state index is 13.0. The molecule has 1 aliphatic rings. The first-order chi connectivity index (χ1) is 29.7. The highest BCUT2D eigenvalue weighted by atomic mass is 32.2. The molecule has 0 saturated carbocycles. The number of aromatic nitrogens is 4. The molecule has 4 aromatic heterocycles. The van der Waals surface area contributed by atoms with Crippen molar-refractivity contribution in [1.29, 1.82) is 0 Å². The number of hydrogen-bond acceptors (Lipinski definition) is 8. The quantitative estimate of drug-likeness (QED) is 0.0832. The summed E-state index contributed by atoms with van der Waals surface area (Å²) in [6.45, 7) is 7.36. The summed E-state index contributed by atoms with van der Waals surface area (Å²) in [5.41, 5.74) is 1.31. The van der Waals surface area contributed by atoms with Gasteiger partial charge in [0.1, 0.15) is 33.2 Å². The normalized spacial score (nSPS) is 15.4. The van der Waals surface area contributed by atoms with E-state index >= 15 is 0 Å². The van der Waals surface area contributed by atoms with Crippen LogP contribution >= 0.6 is 23.5 Å². The van der Waals surface area contributed by atoms with E-state index in [2.05, 4.69) is 33.6 Å². The summed E-state index contributed by atoms with van der Waals surface area (Å²) in [5.74, 6) is 10.8. The van der Waals surface area contributed by atoms with E-state index in [1.165, 1.54) is 36.0 Å². The first-order valence-corrected chi connectivity index (χ1v) is 21.3. The number of carboxylic acids is 1. The van der Waals surface area contributed by atoms with Crippen LogP contribution in [0.25, 0.3) is 11.3 Å². The van der Waals surface area contributed by atoms with Crippen molar-refractivity contribution < 1.29 is 50.9 Å². The third-order valence-electron chi connectivity index (χ3n) is 9.86. The topological polar surface area (TPSA) is 118 Å². The van der Waals surface area contributed by atoms with Crippen molar-refractivity contribution in [2.24, 2.45) is 10.8 Å². The number of cyclic esters (lactones) is 1. The predicted molar refractivity (Wildman–Crippen MR) is 229 cm³/mol. The van der Waals surface area contributed by atoms with E-state index in [0.29, 0.717) is 46.4 Å². The van der Waals surface area contributed by atoms with E-state index in [4.69, 9.17) is 4.74 Å². The Balaban J connectivity index is 0.000000210. The lowest BCUT2D eigenvalue weighted by Crippen LogP contribution is -2.36. The van der Waals surface area contributed by atoms with Crippen molar-refractivity contribution in [3.63, 3.8) is 0 Å². The van der Waals surface area contributed by atoms with Crippen LogP contribution < -0.4 is 0 Å². The molecule has 2 aromatic carbocycles. The minimum Gasteiger partial charge on any atom is -0.480 e. The Kier molecular flexibility index (Phi) is 13.9. The first-order valence-electron chi connectivity index (χ1n) is 19.2. The number of aliphatic carboxylic acids is 1. The second kappa shape index (κ2) is 18.8. The number of alkyl halides is 6. The molecule has 0 bridgehead atoms. The Labute approximate surface area is 367 Å². The zero-order valence-corrected chi connectivity index (χ0v) is 35.8. The van der Waals surface area contributed by atoms with Gasteiger partial charge in [-0.05, 0) is 72.5 Å². The largest absolute Gasteiger partial charge is 0.480 e. The molecule has 0 radical (unpaired) electrons. The lowest BCUT2D eigenvalue weighted by Gasteiger charge is -2.28. The summed E-state index contributed by atoms with van der Waals surface area (Å²) in [7, 11) is 0. The molecule has 9 nitrogen and oxygen atoms in total. The molecule has 0 aliphatic carbocycles. The van der Waals surface area contributed by atoms with Gasteiger partial charge < -0.3 is 14.9 Å². The van der Waals surface area contributed by atoms with Gasteiger partial charge in [-0.1, -0.05) is 63.8 Å². The van der Waals surface area contributed by atoms with Gasteiger partial charge in [-0.25, -0.2) is 9.97 Å². The molecule has 1 aliphatic heterocycles. The van der Waals surface area contributed by atoms with Gasteiger partial charge in [-0.3, -0.25) is 18.4 Å². The number of hydrogen-bond donors (Lipinski definition) is 2. The van der Waals surface area contributed by atoms with Crippen molar-refractivity contribution in [1.82, 2.24) is 18.8 Å². The van der Waals surface area contributed by atoms with Crippen LogP contribution in [0.5, 0.6) is 0 Å². The number of aliphatic hydroxyl groups excluding tert-OH is 1. The third kappa shape index (κ3) is 11.2. The molecule has 2 unspecified atom stereocenters. The number of aliphatic hydroxyl groups is 1. The van der Waals surface area contributed by atoms with E-state index in [-0.39, 0.29) is 40.1 Å². The maximum Gasteiger partial charge on any atom is 0.416 e. The molecule has 328 valence electrons. The number of carbonyl (C=O) groups excluding carboxylic acids is 1. The maximum absolute atomic E-state index is 13.0. The van der Waals surface area contributed by atoms with E-state index < -0.39 is 40.1 Å². The van der Waals surface area contributed by atoms with Gasteiger partial charge >= 0.3 is 24.3 Å². The fourth-order valence-electron chi connectivity index (χ4n) is 6.42. The lowest BCUT2D eigenvalue weighted by atomic mass is 9.90. The number of carboxylic acid groups (broad SMARTS) is 1. The fourth-order valence-corrected chi connectivity index (χ4v) is 8.87. The van der Waals surface area contributed by atoms with Crippen molar-refractivity contribution >= 4 is 46.8 Å². The Morgan fingerprint density at radius 2 is 1.29 bits per heavy atom. The van der Waals surface area contributed by atoms with Crippen LogP contribution in [-0.4, -0.2) is 64.6 Å². The Hall–Kier alpha value is -5.88. The average molecular weight is 907 g/mol. The Morgan fingerprint density at radius 1 is 0.794 bits per heavy atom. The first kappa shape index (κ1) is 46.6. The number of benzene rings is 2. The second-order valence-electron chi connectivity index (χ2n) is 15.8. The van der Waals surface area contributed by atoms with Crippen LogP contribution in [0, 0.1) is 34.5 Å². The van der Waals surface area contributed by atoms with Crippen molar-refractivity contribution in [3.8, 4) is 23.7 Å². The molecule has 7 rings (SSSR count). The van der Waals surface area contributed by atoms with Gasteiger partial charge in [0, 0.05) is 52.5 Å². The number of carbonyl (C=O) groups is 2. The highest BCUT2D eigenvalue weighted by Gasteiger charge is 2.44. The summed E-state index contributed by atoms with van der Waals surface area (Å²) >= 11 is 2.56. The molecule has 6 aromatic rings. The number of imidazole rings is 2. The zero-order chi connectivity index (χ0) is 45.7. The standard InChI is InChI=1S/C23H21F3N2O3S.C23H19F3N2O2S/c1-22(2,14-29)20(21(30)31)32-13-17-18(28-11-4-3-8-19(28)27-17)10-9-15-6-5-7-16(12-15)23(24,25)26;1-22(2)14-30-21(29)20(22)31-13-17-18(28-11-4-3-8-19(28)27-17)10-9-15-6-5-7-16(12-15)23(24,25)26/h3-8,11-12,20,29H,13-14H2,1-2H3,(H,30,31);3-8,11-12,20H,13-14H2,1-2H3. The molecule has 5 heterocycles.